The Kier molecular flexibility index (Phi) is 8.68. The monoisotopic (exact) mass is 221 g/mol. The number of carbonyl (C=O) groups is 2. The van der Waals surface area contributed by atoms with Gasteiger partial charge in [-0.15, -0.1) is 0 Å². The van der Waals surface area contributed by atoms with E-state index in [-0.39, 0.29) is 36.6 Å². The van der Waals surface area contributed by atoms with Crippen LogP contribution >= 0.6 is 0 Å². The van der Waals surface area contributed by atoms with Crippen molar-refractivity contribution < 1.29 is 33.6 Å². The maximum absolute atomic E-state index is 11.6. The molecule has 0 saturated heterocycles. The Bertz CT molecular complexity index is 241. The largest absolute Gasteiger partial charge is 1.00 e. The zero-order chi connectivity index (χ0) is 12.2. The van der Waals surface area contributed by atoms with Crippen LogP contribution in [0.2, 0.25) is 0 Å². The molecular weight excluding hydrogens is 201 g/mol. The van der Waals surface area contributed by atoms with E-state index < -0.39 is 12.0 Å². The topological polar surface area (TPSA) is 60.4 Å². The molecule has 0 aromatic rings. The van der Waals surface area contributed by atoms with Crippen LogP contribution in [0, 0.1) is 11.8 Å². The van der Waals surface area contributed by atoms with Crippen LogP contribution in [0.1, 0.15) is 34.1 Å². The summed E-state index contributed by atoms with van der Waals surface area (Å²) in [6.07, 6.45) is 0.368. The van der Waals surface area contributed by atoms with Crippen LogP contribution in [0.15, 0.2) is 0 Å². The van der Waals surface area contributed by atoms with Crippen molar-refractivity contribution >= 4 is 11.9 Å². The average Bonchev–Trinajstić information content (AvgIpc) is 2.00. The van der Waals surface area contributed by atoms with Crippen molar-refractivity contribution in [3.05, 3.63) is 0 Å². The number of hydrogen-bond acceptors (Lipinski definition) is 3. The summed E-state index contributed by atoms with van der Waals surface area (Å²) < 4.78 is 0. The van der Waals surface area contributed by atoms with Gasteiger partial charge in [-0.25, -0.2) is 0 Å². The number of rotatable bonds is 5. The summed E-state index contributed by atoms with van der Waals surface area (Å²) in [4.78, 5) is 23.8. The number of carbonyl (C=O) groups excluding carboxylic acids is 2. The minimum Gasteiger partial charge on any atom is -0.548 e. The van der Waals surface area contributed by atoms with Gasteiger partial charge in [0.2, 0.25) is 5.91 Å². The molecule has 5 heteroatoms. The minimum absolute atomic E-state index is 0. The SMILES string of the molecule is CC(C)CC(=O)N(C)[C@H](C(=O)[O-])C(C)C.[Li+]. The molecule has 1 amide bonds. The van der Waals surface area contributed by atoms with Gasteiger partial charge >= 0.3 is 18.9 Å². The molecule has 0 fully saturated rings. The van der Waals surface area contributed by atoms with Crippen LogP contribution in [0.4, 0.5) is 0 Å². The van der Waals surface area contributed by atoms with Crippen molar-refractivity contribution in [3.8, 4) is 0 Å². The van der Waals surface area contributed by atoms with Gasteiger partial charge in [0, 0.05) is 13.5 Å². The predicted molar refractivity (Wildman–Crippen MR) is 55.9 cm³/mol. The fourth-order valence-corrected chi connectivity index (χ4v) is 1.53. The van der Waals surface area contributed by atoms with Gasteiger partial charge in [-0.3, -0.25) is 4.79 Å². The Morgan fingerprint density at radius 3 is 1.88 bits per heavy atom. The fourth-order valence-electron chi connectivity index (χ4n) is 1.53. The molecule has 0 heterocycles. The van der Waals surface area contributed by atoms with Gasteiger partial charge in [0.25, 0.3) is 0 Å². The number of carboxylic acids is 1. The van der Waals surface area contributed by atoms with Crippen LogP contribution in [0.25, 0.3) is 0 Å². The van der Waals surface area contributed by atoms with Crippen LogP contribution in [-0.2, 0) is 9.59 Å². The molecule has 0 rings (SSSR count). The molecule has 1 atom stereocenters. The van der Waals surface area contributed by atoms with E-state index in [2.05, 4.69) is 0 Å². The fraction of sp³-hybridized carbons (Fsp3) is 0.818. The molecule has 0 aromatic heterocycles. The number of aliphatic carboxylic acids is 1. The summed E-state index contributed by atoms with van der Waals surface area (Å²) in [5.41, 5.74) is 0. The zero-order valence-electron chi connectivity index (χ0n) is 11.1. The second kappa shape index (κ2) is 7.75. The number of nitrogens with zero attached hydrogens (tertiary/aromatic N) is 1. The Morgan fingerprint density at radius 1 is 1.19 bits per heavy atom. The average molecular weight is 221 g/mol. The molecule has 0 aromatic carbocycles. The molecular formula is C11H20LiNO3. The summed E-state index contributed by atoms with van der Waals surface area (Å²) in [6.45, 7) is 7.38. The van der Waals surface area contributed by atoms with Crippen LogP contribution in [0.5, 0.6) is 0 Å². The third-order valence-corrected chi connectivity index (χ3v) is 2.27. The van der Waals surface area contributed by atoms with Crippen molar-refractivity contribution in [2.24, 2.45) is 11.8 Å². The summed E-state index contributed by atoms with van der Waals surface area (Å²) in [5, 5.41) is 10.9. The van der Waals surface area contributed by atoms with E-state index in [0.29, 0.717) is 6.42 Å². The smallest absolute Gasteiger partial charge is 0.548 e. The number of hydrogen-bond donors (Lipinski definition) is 0. The van der Waals surface area contributed by atoms with Gasteiger partial charge < -0.3 is 14.8 Å². The Balaban J connectivity index is 0. The van der Waals surface area contributed by atoms with Crippen molar-refractivity contribution in [1.82, 2.24) is 4.90 Å². The van der Waals surface area contributed by atoms with Crippen LogP contribution in [0.3, 0.4) is 0 Å². The first-order valence-electron chi connectivity index (χ1n) is 5.23. The molecule has 16 heavy (non-hydrogen) atoms. The van der Waals surface area contributed by atoms with E-state index >= 15 is 0 Å². The second-order valence-corrected chi connectivity index (χ2v) is 4.61. The first-order chi connectivity index (χ1) is 6.77. The van der Waals surface area contributed by atoms with E-state index in [9.17, 15) is 14.7 Å². The first-order valence-corrected chi connectivity index (χ1v) is 5.23. The Labute approximate surface area is 110 Å². The molecule has 0 saturated carbocycles. The quantitative estimate of drug-likeness (QED) is 0.474. The maximum Gasteiger partial charge on any atom is 1.00 e. The molecule has 0 N–H and O–H groups in total. The van der Waals surface area contributed by atoms with Crippen molar-refractivity contribution in [2.45, 2.75) is 40.2 Å². The third-order valence-electron chi connectivity index (χ3n) is 2.27. The van der Waals surface area contributed by atoms with E-state index in [4.69, 9.17) is 0 Å². The van der Waals surface area contributed by atoms with Crippen molar-refractivity contribution in [1.29, 1.82) is 0 Å². The summed E-state index contributed by atoms with van der Waals surface area (Å²) in [5.74, 6) is -1.25. The van der Waals surface area contributed by atoms with E-state index in [1.165, 1.54) is 11.9 Å². The van der Waals surface area contributed by atoms with Crippen LogP contribution in [-0.4, -0.2) is 29.9 Å². The van der Waals surface area contributed by atoms with E-state index in [0.717, 1.165) is 0 Å². The molecule has 0 aliphatic heterocycles. The number of likely N-dealkylation sites (N-methyl/N-ethyl adjacent to an activating group) is 1. The summed E-state index contributed by atoms with van der Waals surface area (Å²) >= 11 is 0. The van der Waals surface area contributed by atoms with Gasteiger partial charge in [-0.1, -0.05) is 27.7 Å². The van der Waals surface area contributed by atoms with Crippen LogP contribution < -0.4 is 24.0 Å². The Morgan fingerprint density at radius 2 is 1.62 bits per heavy atom. The summed E-state index contributed by atoms with van der Waals surface area (Å²) in [7, 11) is 1.52. The molecule has 4 nitrogen and oxygen atoms in total. The second-order valence-electron chi connectivity index (χ2n) is 4.61. The molecule has 88 valence electrons. The number of carboxylic acid groups (broad SMARTS) is 1. The summed E-state index contributed by atoms with van der Waals surface area (Å²) in [6, 6.07) is -0.837. The first kappa shape index (κ1) is 17.9. The predicted octanol–water partition coefficient (Wildman–Crippen LogP) is -2.73. The van der Waals surface area contributed by atoms with Gasteiger partial charge in [-0.2, -0.15) is 0 Å². The normalized spacial score (nSPS) is 12.2. The van der Waals surface area contributed by atoms with Gasteiger partial charge in [0.05, 0.1) is 12.0 Å². The van der Waals surface area contributed by atoms with Crippen molar-refractivity contribution in [2.75, 3.05) is 7.05 Å². The van der Waals surface area contributed by atoms with Gasteiger partial charge in [0.1, 0.15) is 0 Å². The zero-order valence-corrected chi connectivity index (χ0v) is 11.1. The Hall–Kier alpha value is -0.463. The molecule has 0 spiro atoms. The van der Waals surface area contributed by atoms with Gasteiger partial charge in [0.15, 0.2) is 0 Å². The molecule has 0 unspecified atom stereocenters. The molecule has 0 aliphatic rings. The van der Waals surface area contributed by atoms with E-state index in [1.54, 1.807) is 13.8 Å². The molecule has 0 bridgehead atoms. The van der Waals surface area contributed by atoms with Gasteiger partial charge in [-0.05, 0) is 11.8 Å². The molecule has 0 radical (unpaired) electrons. The number of amides is 1. The van der Waals surface area contributed by atoms with Crippen molar-refractivity contribution in [3.63, 3.8) is 0 Å². The third kappa shape index (κ3) is 5.57. The minimum atomic E-state index is -1.19. The van der Waals surface area contributed by atoms with E-state index in [1.807, 2.05) is 13.8 Å². The standard InChI is InChI=1S/C11H21NO3.Li/c1-7(2)6-9(13)12(5)10(8(3)4)11(14)15;/h7-8,10H,6H2,1-5H3,(H,14,15);/q;+1/p-1/t10-;/m0./s1. The maximum atomic E-state index is 11.6. The molecule has 0 aliphatic carbocycles.